The summed E-state index contributed by atoms with van der Waals surface area (Å²) in [7, 11) is 0. The van der Waals surface area contributed by atoms with Crippen LogP contribution < -0.4 is 0 Å². The molecule has 484 valence electrons. The van der Waals surface area contributed by atoms with E-state index in [0.717, 1.165) is 77.0 Å². The highest BCUT2D eigenvalue weighted by Crippen LogP contribution is 2.18. The third-order valence-corrected chi connectivity index (χ3v) is 16.5. The van der Waals surface area contributed by atoms with E-state index in [9.17, 15) is 14.4 Å². The normalized spacial score (nSPS) is 12.4. The first kappa shape index (κ1) is 80.1. The van der Waals surface area contributed by atoms with Crippen molar-refractivity contribution in [2.24, 2.45) is 0 Å². The molecule has 6 nitrogen and oxygen atoms in total. The van der Waals surface area contributed by atoms with Gasteiger partial charge in [0, 0.05) is 19.3 Å². The molecule has 0 aromatic heterocycles. The molecule has 0 heterocycles. The second-order valence-corrected chi connectivity index (χ2v) is 24.8. The van der Waals surface area contributed by atoms with Crippen LogP contribution in [-0.4, -0.2) is 37.2 Å². The maximum atomic E-state index is 12.9. The summed E-state index contributed by atoms with van der Waals surface area (Å²) in [5.74, 6) is -0.863. The molecule has 0 amide bonds. The number of allylic oxidation sites excluding steroid dienone is 10. The molecule has 6 heteroatoms. The fraction of sp³-hybridized carbons (Fsp3) is 0.831. The van der Waals surface area contributed by atoms with Crippen molar-refractivity contribution in [2.45, 2.75) is 399 Å². The van der Waals surface area contributed by atoms with Crippen LogP contribution in [0.25, 0.3) is 0 Å². The quantitative estimate of drug-likeness (QED) is 0.0261. The molecular weight excluding hydrogens is 1020 g/mol. The van der Waals surface area contributed by atoms with Crippen molar-refractivity contribution in [1.82, 2.24) is 0 Å². The number of hydrogen-bond donors (Lipinski definition) is 0. The van der Waals surface area contributed by atoms with Crippen molar-refractivity contribution in [2.75, 3.05) is 13.2 Å². The van der Waals surface area contributed by atoms with Crippen LogP contribution in [0, 0.1) is 0 Å². The third-order valence-electron chi connectivity index (χ3n) is 16.5. The molecule has 0 aromatic rings. The van der Waals surface area contributed by atoms with Gasteiger partial charge in [-0.25, -0.2) is 0 Å². The van der Waals surface area contributed by atoms with Gasteiger partial charge in [0.1, 0.15) is 13.2 Å². The minimum Gasteiger partial charge on any atom is -0.462 e. The van der Waals surface area contributed by atoms with Gasteiger partial charge in [0.25, 0.3) is 0 Å². The van der Waals surface area contributed by atoms with E-state index in [1.165, 1.54) is 276 Å². The molecule has 0 saturated carbocycles. The first-order valence-corrected chi connectivity index (χ1v) is 36.8. The van der Waals surface area contributed by atoms with Crippen LogP contribution in [0.5, 0.6) is 0 Å². The highest BCUT2D eigenvalue weighted by Gasteiger charge is 2.19. The van der Waals surface area contributed by atoms with Gasteiger partial charge in [0.2, 0.25) is 0 Å². The van der Waals surface area contributed by atoms with Crippen LogP contribution in [0.15, 0.2) is 60.8 Å². The van der Waals surface area contributed by atoms with Crippen LogP contribution in [0.3, 0.4) is 0 Å². The van der Waals surface area contributed by atoms with Crippen LogP contribution in [0.1, 0.15) is 393 Å². The number of carbonyl (C=O) groups excluding carboxylic acids is 3. The summed E-state index contributed by atoms with van der Waals surface area (Å²) in [6.07, 6.45) is 92.6. The Hall–Kier alpha value is -2.89. The summed E-state index contributed by atoms with van der Waals surface area (Å²) in [6.45, 7) is 6.67. The lowest BCUT2D eigenvalue weighted by molar-refractivity contribution is -0.167. The van der Waals surface area contributed by atoms with Crippen molar-refractivity contribution >= 4 is 17.9 Å². The molecule has 1 atom stereocenters. The average Bonchev–Trinajstić information content (AvgIpc) is 3.49. The van der Waals surface area contributed by atoms with Gasteiger partial charge in [-0.05, 0) is 109 Å². The first-order chi connectivity index (χ1) is 41.0. The fourth-order valence-electron chi connectivity index (χ4n) is 10.9. The maximum Gasteiger partial charge on any atom is 0.306 e. The van der Waals surface area contributed by atoms with Gasteiger partial charge in [0.15, 0.2) is 6.10 Å². The molecule has 0 N–H and O–H groups in total. The lowest BCUT2D eigenvalue weighted by Crippen LogP contribution is -2.30. The number of unbranched alkanes of at least 4 members (excludes halogenated alkanes) is 47. The third kappa shape index (κ3) is 69.8. The van der Waals surface area contributed by atoms with Gasteiger partial charge < -0.3 is 14.2 Å². The fourth-order valence-corrected chi connectivity index (χ4v) is 10.9. The largest absolute Gasteiger partial charge is 0.462 e. The van der Waals surface area contributed by atoms with E-state index in [0.29, 0.717) is 19.3 Å². The highest BCUT2D eigenvalue weighted by atomic mass is 16.6. The molecule has 1 unspecified atom stereocenters. The first-order valence-electron chi connectivity index (χ1n) is 36.8. The molecule has 0 spiro atoms. The van der Waals surface area contributed by atoms with E-state index >= 15 is 0 Å². The maximum absolute atomic E-state index is 12.9. The Labute approximate surface area is 517 Å². The van der Waals surface area contributed by atoms with Crippen molar-refractivity contribution in [3.63, 3.8) is 0 Å². The Morgan fingerprint density at radius 2 is 0.434 bits per heavy atom. The minimum absolute atomic E-state index is 0.0744. The molecule has 0 bridgehead atoms. The molecule has 0 aliphatic rings. The Morgan fingerprint density at radius 1 is 0.241 bits per heavy atom. The summed E-state index contributed by atoms with van der Waals surface area (Å²) in [4.78, 5) is 38.4. The van der Waals surface area contributed by atoms with Gasteiger partial charge in [-0.2, -0.15) is 0 Å². The number of esters is 3. The van der Waals surface area contributed by atoms with Gasteiger partial charge in [-0.3, -0.25) is 14.4 Å². The van der Waals surface area contributed by atoms with Gasteiger partial charge >= 0.3 is 17.9 Å². The van der Waals surface area contributed by atoms with Crippen LogP contribution in [0.4, 0.5) is 0 Å². The Kier molecular flexibility index (Phi) is 69.1. The van der Waals surface area contributed by atoms with E-state index < -0.39 is 6.10 Å². The molecule has 0 aliphatic heterocycles. The van der Waals surface area contributed by atoms with E-state index in [-0.39, 0.29) is 31.1 Å². The van der Waals surface area contributed by atoms with Gasteiger partial charge in [-0.15, -0.1) is 0 Å². The van der Waals surface area contributed by atoms with Crippen molar-refractivity contribution in [3.05, 3.63) is 60.8 Å². The van der Waals surface area contributed by atoms with Gasteiger partial charge in [0.05, 0.1) is 0 Å². The molecule has 0 radical (unpaired) electrons. The number of carbonyl (C=O) groups is 3. The van der Waals surface area contributed by atoms with Crippen LogP contribution in [0.2, 0.25) is 0 Å². The topological polar surface area (TPSA) is 78.9 Å². The molecule has 0 aliphatic carbocycles. The highest BCUT2D eigenvalue weighted by molar-refractivity contribution is 5.71. The minimum atomic E-state index is -0.779. The average molecular weight is 1160 g/mol. The zero-order valence-electron chi connectivity index (χ0n) is 55.7. The van der Waals surface area contributed by atoms with E-state index in [1.807, 2.05) is 0 Å². The molecule has 0 rings (SSSR count). The Balaban J connectivity index is 4.17. The lowest BCUT2D eigenvalue weighted by atomic mass is 10.0. The van der Waals surface area contributed by atoms with E-state index in [4.69, 9.17) is 14.2 Å². The second-order valence-electron chi connectivity index (χ2n) is 24.8. The molecule has 83 heavy (non-hydrogen) atoms. The predicted molar refractivity (Wildman–Crippen MR) is 362 cm³/mol. The van der Waals surface area contributed by atoms with E-state index in [1.54, 1.807) is 0 Å². The SMILES string of the molecule is CCCCCCC/C=C\C/C=C\C/C=C\CCCCCCCCCCCCCCCCCCCCC(=O)OCC(COC(=O)CCCCCCC/C=C\CCCCCCCC)OC(=O)CCCCCCCCC/C=C\CCCCCCCC. The standard InChI is InChI=1S/C77H140O6/c1-4-7-10-13-16-19-22-25-28-30-31-32-33-34-35-36-37-38-39-40-41-42-43-44-45-47-49-52-55-58-61-64-67-70-76(79)82-73-74(72-81-75(78)69-66-63-60-57-54-51-48-27-24-21-18-15-12-9-6-3)83-77(80)71-68-65-62-59-56-53-50-46-29-26-23-20-17-14-11-8-5-2/h22,25-27,29-31,33-34,48,74H,4-21,23-24,28,32,35-47,49-73H2,1-3H3/b25-22-,29-26-,31-30-,34-33-,48-27-. The van der Waals surface area contributed by atoms with E-state index in [2.05, 4.69) is 81.5 Å². The molecular formula is C77H140O6. The lowest BCUT2D eigenvalue weighted by Gasteiger charge is -2.18. The summed E-state index contributed by atoms with van der Waals surface area (Å²) >= 11 is 0. The van der Waals surface area contributed by atoms with Crippen molar-refractivity contribution < 1.29 is 28.6 Å². The summed E-state index contributed by atoms with van der Waals surface area (Å²) < 4.78 is 17.0. The zero-order valence-corrected chi connectivity index (χ0v) is 55.7. The monoisotopic (exact) mass is 1160 g/mol. The second kappa shape index (κ2) is 71.6. The van der Waals surface area contributed by atoms with Crippen LogP contribution >= 0.6 is 0 Å². The van der Waals surface area contributed by atoms with Crippen molar-refractivity contribution in [1.29, 1.82) is 0 Å². The predicted octanol–water partition coefficient (Wildman–Crippen LogP) is 25.5. The summed E-state index contributed by atoms with van der Waals surface area (Å²) in [6, 6.07) is 0. The van der Waals surface area contributed by atoms with Crippen LogP contribution in [-0.2, 0) is 28.6 Å². The molecule has 0 aromatic carbocycles. The van der Waals surface area contributed by atoms with Gasteiger partial charge in [-0.1, -0.05) is 326 Å². The number of rotatable bonds is 68. The summed E-state index contributed by atoms with van der Waals surface area (Å²) in [5.41, 5.74) is 0. The molecule has 0 fully saturated rings. The molecule has 0 saturated heterocycles. The van der Waals surface area contributed by atoms with Crippen molar-refractivity contribution in [3.8, 4) is 0 Å². The number of hydrogen-bond acceptors (Lipinski definition) is 6. The summed E-state index contributed by atoms with van der Waals surface area (Å²) in [5, 5.41) is 0. The Bertz CT molecular complexity index is 1470. The Morgan fingerprint density at radius 3 is 0.687 bits per heavy atom. The smallest absolute Gasteiger partial charge is 0.306 e. The zero-order chi connectivity index (χ0) is 59.9. The number of ether oxygens (including phenoxy) is 3.